The van der Waals surface area contributed by atoms with Crippen LogP contribution in [0.4, 0.5) is 13.2 Å². The molecule has 0 aliphatic heterocycles. The lowest BCUT2D eigenvalue weighted by Crippen LogP contribution is -2.31. The fraction of sp³-hybridized carbons (Fsp3) is 0.800. The van der Waals surface area contributed by atoms with Crippen LogP contribution in [0.25, 0.3) is 0 Å². The molecule has 0 heterocycles. The molecule has 0 rings (SSSR count). The summed E-state index contributed by atoms with van der Waals surface area (Å²) < 4.78 is 46.6. The number of hydrogen-bond donors (Lipinski definition) is 0. The highest BCUT2D eigenvalue weighted by Gasteiger charge is 2.42. The molecule has 0 fully saturated rings. The van der Waals surface area contributed by atoms with E-state index in [1.165, 1.54) is 0 Å². The quantitative estimate of drug-likeness (QED) is 0.482. The molecule has 0 saturated heterocycles. The second kappa shape index (κ2) is 4.27. The van der Waals surface area contributed by atoms with E-state index in [0.717, 1.165) is 14.2 Å². The molecule has 12 heavy (non-hydrogen) atoms. The average Bonchev–Trinajstić information content (AvgIpc) is 1.97. The smallest absolute Gasteiger partial charge is 0.404 e. The molecule has 0 N–H and O–H groups in total. The zero-order valence-corrected chi connectivity index (χ0v) is 6.34. The Morgan fingerprint density at radius 1 is 1.25 bits per heavy atom. The third kappa shape index (κ3) is 3.54. The number of alkyl halides is 3. The minimum Gasteiger partial charge on any atom is -0.404 e. The maximum atomic E-state index is 11.5. The number of ether oxygens (including phenoxy) is 3. The van der Waals surface area contributed by atoms with Crippen molar-refractivity contribution in [1.29, 1.82) is 0 Å². The molecule has 0 atom stereocenters. The van der Waals surface area contributed by atoms with Gasteiger partial charge in [0.05, 0.1) is 0 Å². The van der Waals surface area contributed by atoms with Crippen molar-refractivity contribution in [1.82, 2.24) is 0 Å². The van der Waals surface area contributed by atoms with Crippen LogP contribution in [0.15, 0.2) is 0 Å². The van der Waals surface area contributed by atoms with E-state index in [-0.39, 0.29) is 0 Å². The van der Waals surface area contributed by atoms with E-state index in [0.29, 0.717) is 0 Å². The van der Waals surface area contributed by atoms with Crippen LogP contribution in [0.2, 0.25) is 0 Å². The summed E-state index contributed by atoms with van der Waals surface area (Å²) in [6, 6.07) is 0. The lowest BCUT2D eigenvalue weighted by molar-refractivity contribution is -0.278. The normalized spacial score (nSPS) is 11.8. The van der Waals surface area contributed by atoms with Crippen molar-refractivity contribution in [2.24, 2.45) is 0 Å². The third-order valence-corrected chi connectivity index (χ3v) is 0.820. The van der Waals surface area contributed by atoms with Gasteiger partial charge in [0, 0.05) is 14.2 Å². The summed E-state index contributed by atoms with van der Waals surface area (Å²) in [6.45, 7) is -1.63. The minimum absolute atomic E-state index is 1.04. The summed E-state index contributed by atoms with van der Waals surface area (Å²) in [5.74, 6) is -2.35. The molecule has 0 saturated carbocycles. The van der Waals surface area contributed by atoms with Crippen LogP contribution in [0.5, 0.6) is 0 Å². The van der Waals surface area contributed by atoms with E-state index >= 15 is 0 Å². The van der Waals surface area contributed by atoms with E-state index < -0.39 is 18.6 Å². The number of hydrogen-bond acceptors (Lipinski definition) is 4. The molecule has 0 aromatic rings. The van der Waals surface area contributed by atoms with Gasteiger partial charge in [-0.15, -0.1) is 0 Å². The van der Waals surface area contributed by atoms with Crippen molar-refractivity contribution < 1.29 is 32.2 Å². The van der Waals surface area contributed by atoms with Crippen molar-refractivity contribution in [3.63, 3.8) is 0 Å². The molecule has 0 aliphatic carbocycles. The van der Waals surface area contributed by atoms with Gasteiger partial charge in [-0.3, -0.25) is 0 Å². The molecule has 0 aromatic carbocycles. The van der Waals surface area contributed by atoms with Crippen LogP contribution >= 0.6 is 0 Å². The third-order valence-electron chi connectivity index (χ3n) is 0.820. The van der Waals surface area contributed by atoms with Gasteiger partial charge in [0.1, 0.15) is 0 Å². The zero-order chi connectivity index (χ0) is 9.78. The van der Waals surface area contributed by atoms with Gasteiger partial charge in [-0.05, 0) is 0 Å². The number of methoxy groups -OCH3 is 2. The summed E-state index contributed by atoms with van der Waals surface area (Å²) in [5.41, 5.74) is 0. The number of carbonyl (C=O) groups is 1. The Hall–Kier alpha value is -0.820. The average molecular weight is 188 g/mol. The van der Waals surface area contributed by atoms with Crippen LogP contribution in [0.3, 0.4) is 0 Å². The van der Waals surface area contributed by atoms with Crippen LogP contribution < -0.4 is 0 Å². The second-order valence-corrected chi connectivity index (χ2v) is 1.66. The zero-order valence-electron chi connectivity index (χ0n) is 6.34. The first-order valence-electron chi connectivity index (χ1n) is 2.75. The molecule has 0 bridgehead atoms. The molecule has 7 heteroatoms. The number of esters is 1. The Morgan fingerprint density at radius 3 is 1.92 bits per heavy atom. The van der Waals surface area contributed by atoms with Crippen molar-refractivity contribution >= 4 is 5.97 Å². The van der Waals surface area contributed by atoms with Gasteiger partial charge in [0.2, 0.25) is 0 Å². The Bertz CT molecular complexity index is 151. The van der Waals surface area contributed by atoms with Gasteiger partial charge in [0.15, 0.2) is 0 Å². The van der Waals surface area contributed by atoms with Crippen molar-refractivity contribution in [3.05, 3.63) is 0 Å². The monoisotopic (exact) mass is 188 g/mol. The molecular formula is C5H7F3O4. The summed E-state index contributed by atoms with van der Waals surface area (Å²) in [7, 11) is 2.08. The highest BCUT2D eigenvalue weighted by Crippen LogP contribution is 2.17. The SMILES string of the molecule is COC(OC)OC(=O)C(F)(F)F. The summed E-state index contributed by atoms with van der Waals surface area (Å²) >= 11 is 0. The fourth-order valence-electron chi connectivity index (χ4n) is 0.347. The maximum Gasteiger partial charge on any atom is 0.491 e. The van der Waals surface area contributed by atoms with Crippen molar-refractivity contribution in [3.8, 4) is 0 Å². The molecule has 0 spiro atoms. The Balaban J connectivity index is 3.99. The van der Waals surface area contributed by atoms with Gasteiger partial charge in [-0.2, -0.15) is 13.2 Å². The Kier molecular flexibility index (Phi) is 3.98. The van der Waals surface area contributed by atoms with Gasteiger partial charge in [-0.25, -0.2) is 4.79 Å². The van der Waals surface area contributed by atoms with Crippen LogP contribution in [0.1, 0.15) is 0 Å². The van der Waals surface area contributed by atoms with Crippen LogP contribution in [0, 0.1) is 0 Å². The molecule has 0 unspecified atom stereocenters. The minimum atomic E-state index is -5.03. The Labute approximate surface area is 66.2 Å². The van der Waals surface area contributed by atoms with E-state index in [1.54, 1.807) is 0 Å². The fourth-order valence-corrected chi connectivity index (χ4v) is 0.347. The molecule has 72 valence electrons. The maximum absolute atomic E-state index is 11.5. The highest BCUT2D eigenvalue weighted by molar-refractivity contribution is 5.75. The van der Waals surface area contributed by atoms with E-state index in [9.17, 15) is 18.0 Å². The van der Waals surface area contributed by atoms with Crippen molar-refractivity contribution in [2.45, 2.75) is 12.7 Å². The Morgan fingerprint density at radius 2 is 1.67 bits per heavy atom. The topological polar surface area (TPSA) is 44.8 Å². The highest BCUT2D eigenvalue weighted by atomic mass is 19.4. The van der Waals surface area contributed by atoms with E-state index in [2.05, 4.69) is 14.2 Å². The van der Waals surface area contributed by atoms with Crippen LogP contribution in [-0.4, -0.2) is 32.8 Å². The molecule has 0 aliphatic rings. The summed E-state index contributed by atoms with van der Waals surface area (Å²) in [5, 5.41) is 0. The first-order chi connectivity index (χ1) is 5.41. The number of halogens is 3. The molecule has 0 amide bonds. The summed E-state index contributed by atoms with van der Waals surface area (Å²) in [4.78, 5) is 10.1. The van der Waals surface area contributed by atoms with Crippen LogP contribution in [-0.2, 0) is 19.0 Å². The predicted octanol–water partition coefficient (Wildman–Crippen LogP) is 0.668. The van der Waals surface area contributed by atoms with Gasteiger partial charge in [-0.1, -0.05) is 0 Å². The molecular weight excluding hydrogens is 181 g/mol. The van der Waals surface area contributed by atoms with Crippen molar-refractivity contribution in [2.75, 3.05) is 14.2 Å². The predicted molar refractivity (Wildman–Crippen MR) is 30.0 cm³/mol. The molecule has 0 aromatic heterocycles. The standard InChI is InChI=1S/C5H7F3O4/c1-10-4(11-2)12-3(9)5(6,7)8/h4H,1-2H3. The largest absolute Gasteiger partial charge is 0.491 e. The first-order valence-corrected chi connectivity index (χ1v) is 2.75. The first kappa shape index (κ1) is 11.2. The molecule has 4 nitrogen and oxygen atoms in total. The van der Waals surface area contributed by atoms with Gasteiger partial charge < -0.3 is 14.2 Å². The van der Waals surface area contributed by atoms with E-state index in [1.807, 2.05) is 0 Å². The molecule has 0 radical (unpaired) electrons. The lowest BCUT2D eigenvalue weighted by Gasteiger charge is -2.14. The summed E-state index contributed by atoms with van der Waals surface area (Å²) in [6.07, 6.45) is -5.03. The van der Waals surface area contributed by atoms with E-state index in [4.69, 9.17) is 0 Å². The van der Waals surface area contributed by atoms with Gasteiger partial charge in [0.25, 0.3) is 0 Å². The second-order valence-electron chi connectivity index (χ2n) is 1.66. The van der Waals surface area contributed by atoms with Gasteiger partial charge >= 0.3 is 18.6 Å². The number of carbonyl (C=O) groups excluding carboxylic acids is 1. The lowest BCUT2D eigenvalue weighted by atomic mass is 10.7. The number of rotatable bonds is 3.